The van der Waals surface area contributed by atoms with Crippen molar-refractivity contribution in [1.29, 1.82) is 0 Å². The molecule has 19 heavy (non-hydrogen) atoms. The summed E-state index contributed by atoms with van der Waals surface area (Å²) < 4.78 is 23.2. The van der Waals surface area contributed by atoms with Crippen LogP contribution in [0.15, 0.2) is 24.3 Å². The van der Waals surface area contributed by atoms with E-state index in [0.29, 0.717) is 19.1 Å². The maximum absolute atomic E-state index is 12.6. The van der Waals surface area contributed by atoms with Crippen molar-refractivity contribution in [3.05, 3.63) is 35.4 Å². The lowest BCUT2D eigenvalue weighted by Gasteiger charge is -2.24. The summed E-state index contributed by atoms with van der Waals surface area (Å²) >= 11 is 0. The zero-order valence-corrected chi connectivity index (χ0v) is 13.0. The van der Waals surface area contributed by atoms with E-state index in [2.05, 4.69) is 13.8 Å². The Morgan fingerprint density at radius 3 is 2.16 bits per heavy atom. The number of benzene rings is 1. The van der Waals surface area contributed by atoms with Crippen LogP contribution in [0, 0.1) is 0 Å². The first-order valence-electron chi connectivity index (χ1n) is 6.68. The maximum atomic E-state index is 12.6. The molecular weight excluding hydrogens is 261 g/mol. The molecule has 2 N–H and O–H groups in total. The van der Waals surface area contributed by atoms with Crippen LogP contribution in [-0.2, 0) is 13.6 Å². The van der Waals surface area contributed by atoms with E-state index in [0.717, 1.165) is 11.1 Å². The minimum Gasteiger partial charge on any atom is -0.314 e. The van der Waals surface area contributed by atoms with E-state index in [9.17, 15) is 4.57 Å². The molecule has 0 bridgehead atoms. The quantitative estimate of drug-likeness (QED) is 0.768. The van der Waals surface area contributed by atoms with Crippen LogP contribution in [0.5, 0.6) is 0 Å². The van der Waals surface area contributed by atoms with Gasteiger partial charge in [-0.2, -0.15) is 0 Å². The van der Waals surface area contributed by atoms with Crippen molar-refractivity contribution in [3.63, 3.8) is 0 Å². The summed E-state index contributed by atoms with van der Waals surface area (Å²) in [5.41, 5.74) is 8.05. The summed E-state index contributed by atoms with van der Waals surface area (Å²) in [5, 5.41) is 0. The predicted molar refractivity (Wildman–Crippen MR) is 78.3 cm³/mol. The highest BCUT2D eigenvalue weighted by molar-refractivity contribution is 7.54. The molecule has 5 heteroatoms. The van der Waals surface area contributed by atoms with Crippen LogP contribution in [0.25, 0.3) is 0 Å². The Morgan fingerprint density at radius 2 is 1.68 bits per heavy atom. The van der Waals surface area contributed by atoms with Crippen LogP contribution in [0.4, 0.5) is 0 Å². The summed E-state index contributed by atoms with van der Waals surface area (Å²) in [5.74, 6) is -0.350. The Balaban J connectivity index is 3.05. The molecule has 0 aliphatic rings. The summed E-state index contributed by atoms with van der Waals surface area (Å²) in [6.45, 7) is 8.40. The molecule has 0 unspecified atom stereocenters. The Bertz CT molecular complexity index is 438. The molecule has 0 aliphatic carbocycles. The smallest absolute Gasteiger partial charge is 0.314 e. The standard InChI is InChI=1S/C14H24NO3P/c1-5-17-19(16,18-6-2)14(15)13-9-7-8-12(10-13)11(3)4/h7-11,14H,5-6,15H2,1-4H3/t14-/m0/s1. The number of rotatable bonds is 7. The zero-order chi connectivity index (χ0) is 14.5. The molecule has 4 nitrogen and oxygen atoms in total. The summed E-state index contributed by atoms with van der Waals surface area (Å²) in [4.78, 5) is 0. The molecule has 0 fully saturated rings. The molecule has 0 aromatic heterocycles. The van der Waals surface area contributed by atoms with Crippen molar-refractivity contribution < 1.29 is 13.6 Å². The van der Waals surface area contributed by atoms with Gasteiger partial charge in [-0.1, -0.05) is 38.1 Å². The lowest BCUT2D eigenvalue weighted by Crippen LogP contribution is -2.15. The summed E-state index contributed by atoms with van der Waals surface area (Å²) in [6, 6.07) is 7.79. The topological polar surface area (TPSA) is 61.5 Å². The zero-order valence-electron chi connectivity index (χ0n) is 12.1. The summed E-state index contributed by atoms with van der Waals surface area (Å²) in [7, 11) is -3.30. The first kappa shape index (κ1) is 16.4. The van der Waals surface area contributed by atoms with Gasteiger partial charge in [-0.05, 0) is 30.9 Å². The molecule has 0 saturated carbocycles. The van der Waals surface area contributed by atoms with Crippen molar-refractivity contribution in [1.82, 2.24) is 0 Å². The van der Waals surface area contributed by atoms with Gasteiger partial charge in [0.1, 0.15) is 5.78 Å². The van der Waals surface area contributed by atoms with Gasteiger partial charge in [0, 0.05) is 0 Å². The molecule has 1 aromatic carbocycles. The highest BCUT2D eigenvalue weighted by Gasteiger charge is 2.33. The lowest BCUT2D eigenvalue weighted by atomic mass is 10.0. The maximum Gasteiger partial charge on any atom is 0.351 e. The SMILES string of the molecule is CCOP(=O)(OCC)[C@H](N)c1cccc(C(C)C)c1. The number of nitrogens with two attached hydrogens (primary N) is 1. The minimum atomic E-state index is -3.30. The molecule has 0 spiro atoms. The molecule has 108 valence electrons. The fraction of sp³-hybridized carbons (Fsp3) is 0.571. The van der Waals surface area contributed by atoms with Crippen molar-refractivity contribution in [2.45, 2.75) is 39.4 Å². The minimum absolute atomic E-state index is 0.314. The fourth-order valence-electron chi connectivity index (χ4n) is 1.84. The first-order chi connectivity index (χ1) is 8.94. The van der Waals surface area contributed by atoms with E-state index >= 15 is 0 Å². The third-order valence-corrected chi connectivity index (χ3v) is 5.09. The van der Waals surface area contributed by atoms with Gasteiger partial charge in [0.2, 0.25) is 0 Å². The van der Waals surface area contributed by atoms with E-state index in [1.54, 1.807) is 13.8 Å². The molecule has 0 aliphatic heterocycles. The average molecular weight is 285 g/mol. The Kier molecular flexibility index (Phi) is 6.21. The van der Waals surface area contributed by atoms with Gasteiger partial charge in [0.05, 0.1) is 13.2 Å². The molecule has 1 aromatic rings. The van der Waals surface area contributed by atoms with E-state index in [4.69, 9.17) is 14.8 Å². The van der Waals surface area contributed by atoms with Crippen molar-refractivity contribution in [3.8, 4) is 0 Å². The van der Waals surface area contributed by atoms with Crippen LogP contribution in [0.2, 0.25) is 0 Å². The van der Waals surface area contributed by atoms with Crippen LogP contribution in [0.1, 0.15) is 50.5 Å². The van der Waals surface area contributed by atoms with E-state index in [1.807, 2.05) is 24.3 Å². The van der Waals surface area contributed by atoms with Gasteiger partial charge in [0.25, 0.3) is 0 Å². The highest BCUT2D eigenvalue weighted by atomic mass is 31.2. The lowest BCUT2D eigenvalue weighted by molar-refractivity contribution is 0.212. The highest BCUT2D eigenvalue weighted by Crippen LogP contribution is 2.58. The number of hydrogen-bond donors (Lipinski definition) is 1. The first-order valence-corrected chi connectivity index (χ1v) is 8.30. The van der Waals surface area contributed by atoms with Crippen molar-refractivity contribution in [2.75, 3.05) is 13.2 Å². The Labute approximate surface area is 115 Å². The molecule has 0 radical (unpaired) electrons. The van der Waals surface area contributed by atoms with Gasteiger partial charge in [0.15, 0.2) is 0 Å². The Morgan fingerprint density at radius 1 is 1.16 bits per heavy atom. The van der Waals surface area contributed by atoms with E-state index in [-0.39, 0.29) is 0 Å². The van der Waals surface area contributed by atoms with Crippen LogP contribution >= 0.6 is 7.60 Å². The van der Waals surface area contributed by atoms with Gasteiger partial charge >= 0.3 is 7.60 Å². The monoisotopic (exact) mass is 285 g/mol. The van der Waals surface area contributed by atoms with Gasteiger partial charge < -0.3 is 14.8 Å². The second-order valence-corrected chi connectivity index (χ2v) is 6.80. The second-order valence-electron chi connectivity index (χ2n) is 4.65. The van der Waals surface area contributed by atoms with Crippen LogP contribution in [-0.4, -0.2) is 13.2 Å². The molecular formula is C14H24NO3P. The van der Waals surface area contributed by atoms with Crippen LogP contribution in [0.3, 0.4) is 0 Å². The van der Waals surface area contributed by atoms with Crippen molar-refractivity contribution >= 4 is 7.60 Å². The van der Waals surface area contributed by atoms with Crippen molar-refractivity contribution in [2.24, 2.45) is 5.73 Å². The number of hydrogen-bond acceptors (Lipinski definition) is 4. The predicted octanol–water partition coefficient (Wildman–Crippen LogP) is 4.03. The fourth-order valence-corrected chi connectivity index (χ4v) is 3.48. The third kappa shape index (κ3) is 4.15. The molecule has 1 rings (SSSR count). The molecule has 0 saturated heterocycles. The average Bonchev–Trinajstić information content (AvgIpc) is 2.38. The Hall–Kier alpha value is -0.670. The van der Waals surface area contributed by atoms with E-state index in [1.165, 1.54) is 0 Å². The molecule has 0 amide bonds. The third-order valence-electron chi connectivity index (χ3n) is 2.88. The summed E-state index contributed by atoms with van der Waals surface area (Å²) in [6.07, 6.45) is 0. The van der Waals surface area contributed by atoms with Gasteiger partial charge in [-0.3, -0.25) is 4.57 Å². The normalized spacial score (nSPS) is 13.8. The van der Waals surface area contributed by atoms with Gasteiger partial charge in [-0.25, -0.2) is 0 Å². The second kappa shape index (κ2) is 7.20. The molecule has 0 heterocycles. The molecule has 1 atom stereocenters. The largest absolute Gasteiger partial charge is 0.351 e. The van der Waals surface area contributed by atoms with E-state index < -0.39 is 13.4 Å². The van der Waals surface area contributed by atoms with Crippen LogP contribution < -0.4 is 5.73 Å². The van der Waals surface area contributed by atoms with Gasteiger partial charge in [-0.15, -0.1) is 0 Å².